The van der Waals surface area contributed by atoms with E-state index in [9.17, 15) is 5.11 Å². The van der Waals surface area contributed by atoms with E-state index >= 15 is 0 Å². The summed E-state index contributed by atoms with van der Waals surface area (Å²) in [4.78, 5) is 6.86. The largest absolute Gasteiger partial charge is 0.392 e. The Bertz CT molecular complexity index is 464. The Morgan fingerprint density at radius 1 is 1.27 bits per heavy atom. The van der Waals surface area contributed by atoms with Crippen molar-refractivity contribution in [1.29, 1.82) is 0 Å². The van der Waals surface area contributed by atoms with Gasteiger partial charge in [0, 0.05) is 12.5 Å². The summed E-state index contributed by atoms with van der Waals surface area (Å²) in [6.07, 6.45) is 4.54. The maximum absolute atomic E-state index is 9.44. The van der Waals surface area contributed by atoms with Crippen LogP contribution in [-0.2, 0) is 0 Å². The second-order valence-corrected chi connectivity index (χ2v) is 6.99. The Kier molecular flexibility index (Phi) is 5.10. The molecule has 3 rings (SSSR count). The Balaban J connectivity index is 1.38. The maximum atomic E-state index is 9.44. The third kappa shape index (κ3) is 4.27. The fourth-order valence-corrected chi connectivity index (χ4v) is 3.11. The molecule has 0 bridgehead atoms. The number of nitrogens with zero attached hydrogens (tertiary/aromatic N) is 3. The standard InChI is InChI=1S/C16H28N4O2/c1-11(21)10-20-7-5-13(6-8-20)9-17-12(2)16-18-15(19-22-16)14-3-4-14/h11-14,17,21H,3-10H2,1-2H3/t11-,12+/m1/s1. The SMILES string of the molecule is C[C@H](NCC1CCN(C[C@@H](C)O)CC1)c1nc(C2CC2)no1. The first-order valence-corrected chi connectivity index (χ1v) is 8.59. The highest BCUT2D eigenvalue weighted by molar-refractivity contribution is 5.04. The van der Waals surface area contributed by atoms with Gasteiger partial charge in [0.15, 0.2) is 5.82 Å². The summed E-state index contributed by atoms with van der Waals surface area (Å²) in [5.74, 6) is 2.84. The lowest BCUT2D eigenvalue weighted by atomic mass is 9.96. The summed E-state index contributed by atoms with van der Waals surface area (Å²) in [6.45, 7) is 7.89. The number of aliphatic hydroxyl groups is 1. The van der Waals surface area contributed by atoms with Crippen LogP contribution in [0.4, 0.5) is 0 Å². The number of rotatable bonds is 7. The van der Waals surface area contributed by atoms with Crippen LogP contribution in [0.1, 0.15) is 63.2 Å². The molecule has 2 aliphatic rings. The molecule has 2 N–H and O–H groups in total. The average molecular weight is 308 g/mol. The van der Waals surface area contributed by atoms with E-state index in [1.54, 1.807) is 0 Å². The summed E-state index contributed by atoms with van der Waals surface area (Å²) in [5.41, 5.74) is 0. The lowest BCUT2D eigenvalue weighted by molar-refractivity contribution is 0.0991. The highest BCUT2D eigenvalue weighted by Gasteiger charge is 2.29. The first-order chi connectivity index (χ1) is 10.6. The van der Waals surface area contributed by atoms with Gasteiger partial charge in [-0.15, -0.1) is 0 Å². The minimum absolute atomic E-state index is 0.121. The van der Waals surface area contributed by atoms with Crippen molar-refractivity contribution in [2.75, 3.05) is 26.2 Å². The predicted molar refractivity (Wildman–Crippen MR) is 83.5 cm³/mol. The predicted octanol–water partition coefficient (Wildman–Crippen LogP) is 1.69. The van der Waals surface area contributed by atoms with Crippen LogP contribution >= 0.6 is 0 Å². The van der Waals surface area contributed by atoms with Crippen LogP contribution in [-0.4, -0.2) is 52.4 Å². The third-order valence-electron chi connectivity index (χ3n) is 4.71. The Morgan fingerprint density at radius 3 is 2.64 bits per heavy atom. The quantitative estimate of drug-likeness (QED) is 0.798. The number of aromatic nitrogens is 2. The Morgan fingerprint density at radius 2 is 2.00 bits per heavy atom. The lowest BCUT2D eigenvalue weighted by Gasteiger charge is -2.33. The van der Waals surface area contributed by atoms with E-state index in [2.05, 4.69) is 27.3 Å². The summed E-state index contributed by atoms with van der Waals surface area (Å²) in [7, 11) is 0. The van der Waals surface area contributed by atoms with Gasteiger partial charge >= 0.3 is 0 Å². The van der Waals surface area contributed by atoms with Gasteiger partial charge in [-0.25, -0.2) is 0 Å². The van der Waals surface area contributed by atoms with E-state index in [1.807, 2.05) is 6.92 Å². The number of nitrogens with one attached hydrogen (secondary N) is 1. The number of β-amino-alcohol motifs (C(OH)–C–C–N with tert-alkyl or cyclic N) is 1. The molecule has 2 fully saturated rings. The molecule has 0 amide bonds. The molecule has 0 unspecified atom stereocenters. The van der Waals surface area contributed by atoms with Crippen molar-refractivity contribution in [2.24, 2.45) is 5.92 Å². The number of likely N-dealkylation sites (tertiary alicyclic amines) is 1. The second-order valence-electron chi connectivity index (χ2n) is 6.99. The van der Waals surface area contributed by atoms with Crippen molar-refractivity contribution in [3.05, 3.63) is 11.7 Å². The molecule has 1 aliphatic heterocycles. The molecular weight excluding hydrogens is 280 g/mol. The van der Waals surface area contributed by atoms with Crippen molar-refractivity contribution in [3.63, 3.8) is 0 Å². The second kappa shape index (κ2) is 7.06. The van der Waals surface area contributed by atoms with Gasteiger partial charge in [-0.05, 0) is 65.1 Å². The van der Waals surface area contributed by atoms with E-state index < -0.39 is 0 Å². The summed E-state index contributed by atoms with van der Waals surface area (Å²) >= 11 is 0. The number of hydrogen-bond acceptors (Lipinski definition) is 6. The molecule has 0 aromatic carbocycles. The molecule has 1 aromatic rings. The van der Waals surface area contributed by atoms with E-state index in [0.717, 1.165) is 32.0 Å². The summed E-state index contributed by atoms with van der Waals surface area (Å²) in [5, 5.41) is 17.0. The number of hydrogen-bond donors (Lipinski definition) is 2. The van der Waals surface area contributed by atoms with Crippen molar-refractivity contribution < 1.29 is 9.63 Å². The van der Waals surface area contributed by atoms with Crippen LogP contribution in [0.25, 0.3) is 0 Å². The van der Waals surface area contributed by atoms with Crippen LogP contribution in [0.5, 0.6) is 0 Å². The van der Waals surface area contributed by atoms with Gasteiger partial charge in [-0.1, -0.05) is 5.16 Å². The minimum atomic E-state index is -0.229. The van der Waals surface area contributed by atoms with Crippen LogP contribution < -0.4 is 5.32 Å². The average Bonchev–Trinajstić information content (AvgIpc) is 3.23. The molecule has 2 atom stereocenters. The zero-order valence-electron chi connectivity index (χ0n) is 13.7. The molecule has 22 heavy (non-hydrogen) atoms. The first kappa shape index (κ1) is 15.9. The van der Waals surface area contributed by atoms with E-state index in [1.165, 1.54) is 25.7 Å². The van der Waals surface area contributed by atoms with Crippen molar-refractivity contribution >= 4 is 0 Å². The Hall–Kier alpha value is -0.980. The van der Waals surface area contributed by atoms with Gasteiger partial charge in [-0.3, -0.25) is 0 Å². The van der Waals surface area contributed by atoms with Crippen LogP contribution in [0, 0.1) is 5.92 Å². The number of piperidine rings is 1. The summed E-state index contributed by atoms with van der Waals surface area (Å²) < 4.78 is 5.37. The maximum Gasteiger partial charge on any atom is 0.243 e. The molecule has 1 saturated heterocycles. The molecule has 0 spiro atoms. The zero-order valence-corrected chi connectivity index (χ0v) is 13.7. The van der Waals surface area contributed by atoms with Gasteiger partial charge < -0.3 is 19.8 Å². The van der Waals surface area contributed by atoms with Gasteiger partial charge in [0.05, 0.1) is 12.1 Å². The minimum Gasteiger partial charge on any atom is -0.392 e. The summed E-state index contributed by atoms with van der Waals surface area (Å²) in [6, 6.07) is 0.121. The molecular formula is C16H28N4O2. The smallest absolute Gasteiger partial charge is 0.243 e. The van der Waals surface area contributed by atoms with E-state index in [4.69, 9.17) is 4.52 Å². The number of aliphatic hydroxyl groups excluding tert-OH is 1. The van der Waals surface area contributed by atoms with Gasteiger partial charge in [-0.2, -0.15) is 4.98 Å². The topological polar surface area (TPSA) is 74.4 Å². The molecule has 1 aliphatic carbocycles. The van der Waals surface area contributed by atoms with E-state index in [0.29, 0.717) is 17.7 Å². The van der Waals surface area contributed by atoms with Gasteiger partial charge in [0.25, 0.3) is 0 Å². The van der Waals surface area contributed by atoms with Gasteiger partial charge in [0.2, 0.25) is 5.89 Å². The van der Waals surface area contributed by atoms with Gasteiger partial charge in [0.1, 0.15) is 0 Å². The molecule has 6 nitrogen and oxygen atoms in total. The van der Waals surface area contributed by atoms with Crippen molar-refractivity contribution in [1.82, 2.24) is 20.4 Å². The lowest BCUT2D eigenvalue weighted by Crippen LogP contribution is -2.40. The molecule has 1 aromatic heterocycles. The monoisotopic (exact) mass is 308 g/mol. The highest BCUT2D eigenvalue weighted by Crippen LogP contribution is 2.38. The fraction of sp³-hybridized carbons (Fsp3) is 0.875. The first-order valence-electron chi connectivity index (χ1n) is 8.59. The normalized spacial score (nSPS) is 23.6. The Labute approximate surface area is 132 Å². The van der Waals surface area contributed by atoms with E-state index in [-0.39, 0.29) is 12.1 Å². The van der Waals surface area contributed by atoms with Crippen LogP contribution in [0.2, 0.25) is 0 Å². The molecule has 124 valence electrons. The van der Waals surface area contributed by atoms with Crippen LogP contribution in [0.15, 0.2) is 4.52 Å². The van der Waals surface area contributed by atoms with Crippen molar-refractivity contribution in [3.8, 4) is 0 Å². The molecule has 1 saturated carbocycles. The highest BCUT2D eigenvalue weighted by atomic mass is 16.5. The van der Waals surface area contributed by atoms with Crippen molar-refractivity contribution in [2.45, 2.75) is 57.6 Å². The molecule has 0 radical (unpaired) electrons. The third-order valence-corrected chi connectivity index (χ3v) is 4.71. The van der Waals surface area contributed by atoms with Crippen LogP contribution in [0.3, 0.4) is 0 Å². The molecule has 2 heterocycles. The molecule has 6 heteroatoms. The fourth-order valence-electron chi connectivity index (χ4n) is 3.11. The zero-order chi connectivity index (χ0) is 15.5.